The highest BCUT2D eigenvalue weighted by Gasteiger charge is 2.23. The predicted molar refractivity (Wildman–Crippen MR) is 230 cm³/mol. The van der Waals surface area contributed by atoms with Gasteiger partial charge in [0.25, 0.3) is 0 Å². The maximum Gasteiger partial charge on any atom is 0.164 e. The average molecular weight is 724 g/mol. The zero-order valence-electron chi connectivity index (χ0n) is 30.0. The highest BCUT2D eigenvalue weighted by molar-refractivity contribution is 7.26. The molecule has 1 aliphatic rings. The van der Waals surface area contributed by atoms with E-state index in [-0.39, 0.29) is 0 Å². The van der Waals surface area contributed by atoms with Gasteiger partial charge in [-0.15, -0.1) is 11.3 Å². The number of benzene rings is 7. The Bertz CT molecular complexity index is 3210. The van der Waals surface area contributed by atoms with Gasteiger partial charge in [-0.2, -0.15) is 0 Å². The van der Waals surface area contributed by atoms with E-state index >= 15 is 0 Å². The molecule has 0 fully saturated rings. The third-order valence-corrected chi connectivity index (χ3v) is 12.2. The van der Waals surface area contributed by atoms with Crippen molar-refractivity contribution in [3.05, 3.63) is 175 Å². The van der Waals surface area contributed by atoms with Crippen molar-refractivity contribution < 1.29 is 4.42 Å². The van der Waals surface area contributed by atoms with Crippen LogP contribution in [-0.4, -0.2) is 15.0 Å². The fourth-order valence-electron chi connectivity index (χ4n) is 8.30. The lowest BCUT2D eigenvalue weighted by Gasteiger charge is -2.22. The Morgan fingerprint density at radius 3 is 2.13 bits per heavy atom. The van der Waals surface area contributed by atoms with Gasteiger partial charge in [0.15, 0.2) is 17.5 Å². The molecule has 0 radical (unpaired) electrons. The summed E-state index contributed by atoms with van der Waals surface area (Å²) in [5.74, 6) is 2.26. The van der Waals surface area contributed by atoms with E-state index in [0.717, 1.165) is 61.4 Å². The first-order valence-corrected chi connectivity index (χ1v) is 19.5. The number of nitrogens with zero attached hydrogens (tertiary/aromatic N) is 3. The molecule has 10 aromatic rings. The van der Waals surface area contributed by atoms with Crippen molar-refractivity contribution in [2.75, 3.05) is 0 Å². The zero-order valence-corrected chi connectivity index (χ0v) is 30.8. The van der Waals surface area contributed by atoms with Gasteiger partial charge in [0.2, 0.25) is 0 Å². The largest absolute Gasteiger partial charge is 0.456 e. The Hall–Kier alpha value is -6.69. The predicted octanol–water partition coefficient (Wildman–Crippen LogP) is 13.8. The first-order chi connectivity index (χ1) is 27.1. The summed E-state index contributed by atoms with van der Waals surface area (Å²) in [6, 6.07) is 53.6. The van der Waals surface area contributed by atoms with Gasteiger partial charge in [0, 0.05) is 42.1 Å². The van der Waals surface area contributed by atoms with Crippen molar-refractivity contribution in [1.82, 2.24) is 15.0 Å². The fraction of sp³-hybridized carbons (Fsp3) is 0.0600. The topological polar surface area (TPSA) is 51.8 Å². The Kier molecular flexibility index (Phi) is 7.36. The smallest absolute Gasteiger partial charge is 0.164 e. The van der Waals surface area contributed by atoms with E-state index in [4.69, 9.17) is 19.4 Å². The van der Waals surface area contributed by atoms with E-state index in [9.17, 15) is 0 Å². The normalized spacial score (nSPS) is 14.6. The minimum Gasteiger partial charge on any atom is -0.456 e. The van der Waals surface area contributed by atoms with Gasteiger partial charge >= 0.3 is 0 Å². The number of furan rings is 1. The van der Waals surface area contributed by atoms with Crippen LogP contribution in [0.3, 0.4) is 0 Å². The van der Waals surface area contributed by atoms with Gasteiger partial charge in [-0.1, -0.05) is 134 Å². The Labute approximate surface area is 321 Å². The minimum atomic E-state index is 0.295. The monoisotopic (exact) mass is 723 g/mol. The number of thiophene rings is 1. The van der Waals surface area contributed by atoms with Gasteiger partial charge in [0.1, 0.15) is 11.2 Å². The average Bonchev–Trinajstić information content (AvgIpc) is 3.81. The lowest BCUT2D eigenvalue weighted by Crippen LogP contribution is -2.09. The molecule has 0 spiro atoms. The molecular weight excluding hydrogens is 691 g/mol. The molecule has 3 heterocycles. The summed E-state index contributed by atoms with van der Waals surface area (Å²) in [5, 5.41) is 6.98. The molecule has 7 aromatic carbocycles. The molecule has 4 nitrogen and oxygen atoms in total. The summed E-state index contributed by atoms with van der Waals surface area (Å²) < 4.78 is 8.91. The molecule has 0 bridgehead atoms. The molecule has 3 aromatic heterocycles. The maximum absolute atomic E-state index is 6.33. The number of rotatable bonds is 5. The highest BCUT2D eigenvalue weighted by atomic mass is 32.1. The fourth-order valence-corrected chi connectivity index (χ4v) is 9.54. The van der Waals surface area contributed by atoms with Crippen LogP contribution in [0.5, 0.6) is 0 Å². The zero-order chi connectivity index (χ0) is 36.5. The van der Waals surface area contributed by atoms with Crippen LogP contribution in [0.2, 0.25) is 0 Å². The molecule has 260 valence electrons. The highest BCUT2D eigenvalue weighted by Crippen LogP contribution is 2.43. The van der Waals surface area contributed by atoms with Crippen molar-refractivity contribution in [3.63, 3.8) is 0 Å². The van der Waals surface area contributed by atoms with E-state index < -0.39 is 0 Å². The molecule has 5 heteroatoms. The van der Waals surface area contributed by atoms with Gasteiger partial charge in [-0.3, -0.25) is 0 Å². The Morgan fingerprint density at radius 2 is 1.24 bits per heavy atom. The summed E-state index contributed by atoms with van der Waals surface area (Å²) in [6.07, 6.45) is 5.26. The lowest BCUT2D eigenvalue weighted by molar-refractivity contribution is 0.669. The van der Waals surface area contributed by atoms with Crippen LogP contribution in [0.4, 0.5) is 0 Å². The summed E-state index contributed by atoms with van der Waals surface area (Å²) in [7, 11) is 0. The van der Waals surface area contributed by atoms with Gasteiger partial charge in [-0.25, -0.2) is 15.0 Å². The molecular formula is C50H33N3OS. The van der Waals surface area contributed by atoms with Gasteiger partial charge < -0.3 is 4.42 Å². The van der Waals surface area contributed by atoms with Crippen LogP contribution in [0, 0.1) is 5.92 Å². The number of hydrogen-bond acceptors (Lipinski definition) is 5. The van der Waals surface area contributed by atoms with Crippen LogP contribution >= 0.6 is 11.3 Å². The Morgan fingerprint density at radius 1 is 0.509 bits per heavy atom. The van der Waals surface area contributed by atoms with Crippen molar-refractivity contribution in [2.45, 2.75) is 13.3 Å². The molecule has 11 rings (SSSR count). The van der Waals surface area contributed by atoms with Crippen LogP contribution in [0.25, 0.3) is 97.9 Å². The second-order valence-electron chi connectivity index (χ2n) is 14.4. The van der Waals surface area contributed by atoms with Crippen molar-refractivity contribution in [2.24, 2.45) is 5.92 Å². The minimum absolute atomic E-state index is 0.295. The Balaban J connectivity index is 1.13. The molecule has 55 heavy (non-hydrogen) atoms. The number of para-hydroxylation sites is 1. The quantitative estimate of drug-likeness (QED) is 0.177. The van der Waals surface area contributed by atoms with E-state index in [2.05, 4.69) is 153 Å². The first-order valence-electron chi connectivity index (χ1n) is 18.7. The van der Waals surface area contributed by atoms with E-state index in [1.165, 1.54) is 36.9 Å². The number of hydrogen-bond donors (Lipinski definition) is 0. The summed E-state index contributed by atoms with van der Waals surface area (Å²) in [4.78, 5) is 15.8. The van der Waals surface area contributed by atoms with Crippen molar-refractivity contribution in [3.8, 4) is 33.9 Å². The summed E-state index contributed by atoms with van der Waals surface area (Å²) >= 11 is 1.85. The standard InChI is InChI=1S/C50H33N3OS/c1-30-26-33(22-24-36(30)31-12-3-2-4-13-31)48-51-49(34-23-25-40-39-16-7-9-20-44(39)54-45(40)29-34)53-50(52-48)43-28-35(27-32-14-5-6-15-37(32)43)38-18-11-19-42-41-17-8-10-21-46(41)55-47(38)42/h2-25,27-30H,26H2,1H3. The summed E-state index contributed by atoms with van der Waals surface area (Å²) in [6.45, 7) is 2.29. The molecule has 1 atom stereocenters. The molecule has 0 saturated carbocycles. The van der Waals surface area contributed by atoms with Gasteiger partial charge in [-0.05, 0) is 87.3 Å². The second kappa shape index (κ2) is 12.7. The molecule has 0 N–H and O–H groups in total. The third-order valence-electron chi connectivity index (χ3n) is 11.0. The van der Waals surface area contributed by atoms with Gasteiger partial charge in [0.05, 0.1) is 0 Å². The molecule has 1 aliphatic carbocycles. The molecule has 0 aliphatic heterocycles. The van der Waals surface area contributed by atoms with E-state index in [1.807, 2.05) is 29.5 Å². The number of allylic oxidation sites excluding steroid dienone is 4. The second-order valence-corrected chi connectivity index (χ2v) is 15.5. The van der Waals surface area contributed by atoms with Crippen molar-refractivity contribution >= 4 is 75.4 Å². The molecule has 1 unspecified atom stereocenters. The number of aromatic nitrogens is 3. The van der Waals surface area contributed by atoms with Crippen LogP contribution < -0.4 is 0 Å². The first kappa shape index (κ1) is 31.8. The molecule has 0 amide bonds. The van der Waals surface area contributed by atoms with Crippen molar-refractivity contribution in [1.29, 1.82) is 0 Å². The van der Waals surface area contributed by atoms with E-state index in [1.54, 1.807) is 0 Å². The SMILES string of the molecule is CC1CC(c2nc(-c3ccc4c(c3)oc3ccccc34)nc(-c3cc(-c4cccc5c4sc4ccccc45)cc4ccccc34)n2)=CC=C1c1ccccc1. The van der Waals surface area contributed by atoms with E-state index in [0.29, 0.717) is 23.4 Å². The third kappa shape index (κ3) is 5.38. The lowest BCUT2D eigenvalue weighted by atomic mass is 9.84. The number of fused-ring (bicyclic) bond motifs is 7. The van der Waals surface area contributed by atoms with Crippen LogP contribution in [0.1, 0.15) is 24.7 Å². The maximum atomic E-state index is 6.33. The molecule has 0 saturated heterocycles. The summed E-state index contributed by atoms with van der Waals surface area (Å²) in [5.41, 5.74) is 9.55. The van der Waals surface area contributed by atoms with Crippen LogP contribution in [-0.2, 0) is 0 Å². The van der Waals surface area contributed by atoms with Crippen LogP contribution in [0.15, 0.2) is 168 Å².